The number of carbonyl (C=O) groups is 2. The largest absolute Gasteiger partial charge is 0.481 e. The quantitative estimate of drug-likeness (QED) is 0.629. The van der Waals surface area contributed by atoms with Gasteiger partial charge in [0.1, 0.15) is 6.61 Å². The number of aliphatic carboxylic acids is 1. The summed E-state index contributed by atoms with van der Waals surface area (Å²) in [6.45, 7) is 0.104. The summed E-state index contributed by atoms with van der Waals surface area (Å²) in [6, 6.07) is 13.7. The summed E-state index contributed by atoms with van der Waals surface area (Å²) < 4.78 is 6.03. The predicted octanol–water partition coefficient (Wildman–Crippen LogP) is 4.39. The van der Waals surface area contributed by atoms with Gasteiger partial charge in [-0.05, 0) is 51.9 Å². The molecule has 2 rings (SSSR count). The van der Waals surface area contributed by atoms with Crippen LogP contribution in [0.5, 0.6) is 0 Å². The van der Waals surface area contributed by atoms with Gasteiger partial charge in [-0.15, -0.1) is 0 Å². The standard InChI is InChI=1S/C17H15ClINO4/c18-14-7-6-12(19)8-13(14)15(9-16(21)22)20-17(23)24-10-11-4-2-1-3-5-11/h1-8,15H,9-10H2,(H,20,23)(H,21,22). The zero-order valence-corrected chi connectivity index (χ0v) is 15.5. The number of rotatable bonds is 6. The minimum atomic E-state index is -1.04. The predicted molar refractivity (Wildman–Crippen MR) is 98.9 cm³/mol. The Morgan fingerprint density at radius 3 is 2.58 bits per heavy atom. The van der Waals surface area contributed by atoms with Gasteiger partial charge in [-0.2, -0.15) is 0 Å². The highest BCUT2D eigenvalue weighted by Crippen LogP contribution is 2.27. The van der Waals surface area contributed by atoms with E-state index in [2.05, 4.69) is 27.9 Å². The topological polar surface area (TPSA) is 75.6 Å². The van der Waals surface area contributed by atoms with Crippen LogP contribution in [-0.4, -0.2) is 17.2 Å². The minimum Gasteiger partial charge on any atom is -0.481 e. The normalized spacial score (nSPS) is 11.6. The lowest BCUT2D eigenvalue weighted by atomic mass is 10.0. The number of halogens is 2. The summed E-state index contributed by atoms with van der Waals surface area (Å²) >= 11 is 8.24. The van der Waals surface area contributed by atoms with Crippen molar-refractivity contribution in [3.63, 3.8) is 0 Å². The third-order valence-corrected chi connectivity index (χ3v) is 4.23. The molecule has 0 bridgehead atoms. The molecule has 1 atom stereocenters. The average molecular weight is 460 g/mol. The molecule has 24 heavy (non-hydrogen) atoms. The van der Waals surface area contributed by atoms with Gasteiger partial charge in [0.15, 0.2) is 0 Å². The summed E-state index contributed by atoms with van der Waals surface area (Å²) in [5, 5.41) is 12.1. The van der Waals surface area contributed by atoms with E-state index in [1.165, 1.54) is 0 Å². The summed E-state index contributed by atoms with van der Waals surface area (Å²) in [5.74, 6) is -1.04. The fraction of sp³-hybridized carbons (Fsp3) is 0.176. The Morgan fingerprint density at radius 2 is 1.92 bits per heavy atom. The summed E-state index contributed by atoms with van der Waals surface area (Å²) in [4.78, 5) is 23.1. The highest BCUT2D eigenvalue weighted by molar-refractivity contribution is 14.1. The van der Waals surface area contributed by atoms with Gasteiger partial charge in [0.2, 0.25) is 0 Å². The summed E-state index contributed by atoms with van der Waals surface area (Å²) in [6.07, 6.45) is -0.986. The summed E-state index contributed by atoms with van der Waals surface area (Å²) in [5.41, 5.74) is 1.39. The maximum absolute atomic E-state index is 12.0. The first-order chi connectivity index (χ1) is 11.5. The molecule has 7 heteroatoms. The Kier molecular flexibility index (Phi) is 6.86. The fourth-order valence-electron chi connectivity index (χ4n) is 2.10. The van der Waals surface area contributed by atoms with E-state index in [9.17, 15) is 9.59 Å². The maximum atomic E-state index is 12.0. The van der Waals surface area contributed by atoms with Crippen LogP contribution in [0.15, 0.2) is 48.5 Å². The van der Waals surface area contributed by atoms with E-state index in [1.807, 2.05) is 30.3 Å². The van der Waals surface area contributed by atoms with E-state index < -0.39 is 18.1 Å². The second-order valence-electron chi connectivity index (χ2n) is 5.02. The molecule has 0 aromatic heterocycles. The van der Waals surface area contributed by atoms with Crippen LogP contribution in [-0.2, 0) is 16.1 Å². The minimum absolute atomic E-state index is 0.104. The molecule has 0 aliphatic rings. The lowest BCUT2D eigenvalue weighted by molar-refractivity contribution is -0.137. The van der Waals surface area contributed by atoms with Crippen molar-refractivity contribution in [1.82, 2.24) is 5.32 Å². The van der Waals surface area contributed by atoms with Gasteiger partial charge in [-0.25, -0.2) is 4.79 Å². The molecule has 0 fully saturated rings. The second kappa shape index (κ2) is 8.89. The van der Waals surface area contributed by atoms with Crippen LogP contribution < -0.4 is 5.32 Å². The molecule has 0 aliphatic carbocycles. The van der Waals surface area contributed by atoms with Crippen LogP contribution in [0, 0.1) is 3.57 Å². The van der Waals surface area contributed by atoms with Gasteiger partial charge in [-0.3, -0.25) is 4.79 Å². The molecular weight excluding hydrogens is 445 g/mol. The van der Waals surface area contributed by atoms with E-state index in [1.54, 1.807) is 18.2 Å². The zero-order valence-electron chi connectivity index (χ0n) is 12.5. The molecule has 126 valence electrons. The second-order valence-corrected chi connectivity index (χ2v) is 6.68. The number of hydrogen-bond acceptors (Lipinski definition) is 3. The average Bonchev–Trinajstić information content (AvgIpc) is 2.55. The number of alkyl carbamates (subject to hydrolysis) is 1. The molecule has 2 aromatic rings. The van der Waals surface area contributed by atoms with Crippen molar-refractivity contribution >= 4 is 46.3 Å². The number of nitrogens with one attached hydrogen (secondary N) is 1. The van der Waals surface area contributed by atoms with Crippen molar-refractivity contribution in [3.8, 4) is 0 Å². The van der Waals surface area contributed by atoms with Crippen molar-refractivity contribution in [1.29, 1.82) is 0 Å². The van der Waals surface area contributed by atoms with Crippen LogP contribution in [0.4, 0.5) is 4.79 Å². The molecular formula is C17H15ClINO4. The smallest absolute Gasteiger partial charge is 0.407 e. The lowest BCUT2D eigenvalue weighted by Crippen LogP contribution is -2.31. The van der Waals surface area contributed by atoms with Gasteiger partial charge in [0, 0.05) is 8.59 Å². The first kappa shape index (κ1) is 18.5. The van der Waals surface area contributed by atoms with Crippen molar-refractivity contribution in [3.05, 3.63) is 68.3 Å². The Balaban J connectivity index is 2.06. The molecule has 0 aliphatic heterocycles. The van der Waals surface area contributed by atoms with Gasteiger partial charge < -0.3 is 15.2 Å². The monoisotopic (exact) mass is 459 g/mol. The number of hydrogen-bond donors (Lipinski definition) is 2. The number of carbonyl (C=O) groups excluding carboxylic acids is 1. The van der Waals surface area contributed by atoms with E-state index in [0.29, 0.717) is 10.6 Å². The molecule has 2 N–H and O–H groups in total. The first-order valence-corrected chi connectivity index (χ1v) is 8.55. The fourth-order valence-corrected chi connectivity index (χ4v) is 2.87. The number of carboxylic acids is 1. The number of amides is 1. The third kappa shape index (κ3) is 5.68. The first-order valence-electron chi connectivity index (χ1n) is 7.09. The van der Waals surface area contributed by atoms with Crippen molar-refractivity contribution in [2.45, 2.75) is 19.1 Å². The number of carboxylic acid groups (broad SMARTS) is 1. The van der Waals surface area contributed by atoms with Crippen molar-refractivity contribution in [2.75, 3.05) is 0 Å². The van der Waals surface area contributed by atoms with Crippen LogP contribution in [0.2, 0.25) is 5.02 Å². The molecule has 0 spiro atoms. The molecule has 1 unspecified atom stereocenters. The highest BCUT2D eigenvalue weighted by Gasteiger charge is 2.21. The zero-order chi connectivity index (χ0) is 17.5. The van der Waals surface area contributed by atoms with Gasteiger partial charge in [0.25, 0.3) is 0 Å². The van der Waals surface area contributed by atoms with Crippen LogP contribution in [0.25, 0.3) is 0 Å². The van der Waals surface area contributed by atoms with E-state index >= 15 is 0 Å². The lowest BCUT2D eigenvalue weighted by Gasteiger charge is -2.19. The van der Waals surface area contributed by atoms with Crippen molar-refractivity contribution < 1.29 is 19.4 Å². The molecule has 2 aromatic carbocycles. The number of ether oxygens (including phenoxy) is 1. The summed E-state index contributed by atoms with van der Waals surface area (Å²) in [7, 11) is 0. The van der Waals surface area contributed by atoms with Crippen LogP contribution in [0.3, 0.4) is 0 Å². The molecule has 0 heterocycles. The van der Waals surface area contributed by atoms with Gasteiger partial charge >= 0.3 is 12.1 Å². The Bertz CT molecular complexity index is 724. The molecule has 0 saturated heterocycles. The number of benzene rings is 2. The molecule has 1 amide bonds. The Labute approximate surface area is 158 Å². The van der Waals surface area contributed by atoms with Gasteiger partial charge in [-0.1, -0.05) is 41.9 Å². The Morgan fingerprint density at radius 1 is 1.21 bits per heavy atom. The van der Waals surface area contributed by atoms with E-state index in [4.69, 9.17) is 21.4 Å². The Hall–Kier alpha value is -1.80. The molecule has 5 nitrogen and oxygen atoms in total. The SMILES string of the molecule is O=C(O)CC(NC(=O)OCc1ccccc1)c1cc(I)ccc1Cl. The highest BCUT2D eigenvalue weighted by atomic mass is 127. The van der Waals surface area contributed by atoms with E-state index in [0.717, 1.165) is 9.13 Å². The maximum Gasteiger partial charge on any atom is 0.407 e. The molecule has 0 radical (unpaired) electrons. The van der Waals surface area contributed by atoms with Gasteiger partial charge in [0.05, 0.1) is 12.5 Å². The van der Waals surface area contributed by atoms with Crippen LogP contribution >= 0.6 is 34.2 Å². The third-order valence-electron chi connectivity index (χ3n) is 3.22. The molecule has 0 saturated carbocycles. The van der Waals surface area contributed by atoms with E-state index in [-0.39, 0.29) is 13.0 Å². The van der Waals surface area contributed by atoms with Crippen LogP contribution in [0.1, 0.15) is 23.6 Å². The van der Waals surface area contributed by atoms with Crippen molar-refractivity contribution in [2.24, 2.45) is 0 Å².